The Bertz CT molecular complexity index is 444. The fourth-order valence-corrected chi connectivity index (χ4v) is 1.97. The van der Waals surface area contributed by atoms with Gasteiger partial charge in [0.05, 0.1) is 5.03 Å². The van der Waals surface area contributed by atoms with Gasteiger partial charge in [0.15, 0.2) is 0 Å². The molecule has 0 aliphatic carbocycles. The van der Waals surface area contributed by atoms with Gasteiger partial charge in [0.1, 0.15) is 5.84 Å². The minimum atomic E-state index is -0.875. The Labute approximate surface area is 103 Å². The van der Waals surface area contributed by atoms with Crippen molar-refractivity contribution in [2.45, 2.75) is 26.5 Å². The van der Waals surface area contributed by atoms with Gasteiger partial charge in [-0.2, -0.15) is 5.10 Å². The highest BCUT2D eigenvalue weighted by Gasteiger charge is 2.41. The van der Waals surface area contributed by atoms with Gasteiger partial charge in [-0.25, -0.2) is 0 Å². The number of ether oxygens (including phenoxy) is 1. The summed E-state index contributed by atoms with van der Waals surface area (Å²) >= 11 is 6.01. The van der Waals surface area contributed by atoms with Crippen LogP contribution < -0.4 is 5.43 Å². The number of hydrazone groups is 1. The maximum atomic E-state index is 12.0. The Kier molecular flexibility index (Phi) is 3.06. The third-order valence-corrected chi connectivity index (χ3v) is 3.04. The molecule has 1 N–H and O–H groups in total. The lowest BCUT2D eigenvalue weighted by atomic mass is 10.3. The fourth-order valence-electron chi connectivity index (χ4n) is 1.75. The van der Waals surface area contributed by atoms with Crippen molar-refractivity contribution in [3.63, 3.8) is 0 Å². The molecule has 0 radical (unpaired) electrons. The van der Waals surface area contributed by atoms with Crippen LogP contribution in [-0.4, -0.2) is 35.4 Å². The summed E-state index contributed by atoms with van der Waals surface area (Å²) < 4.78 is 5.06. The van der Waals surface area contributed by atoms with Gasteiger partial charge in [-0.3, -0.25) is 14.5 Å². The zero-order valence-corrected chi connectivity index (χ0v) is 10.2. The van der Waals surface area contributed by atoms with Crippen LogP contribution in [0.1, 0.15) is 20.3 Å². The molecule has 0 saturated carbocycles. The number of hydrogen-bond acceptors (Lipinski definition) is 5. The average molecular weight is 258 g/mol. The first-order valence-electron chi connectivity index (χ1n) is 5.19. The highest BCUT2D eigenvalue weighted by Crippen LogP contribution is 2.30. The molecule has 0 saturated heterocycles. The molecule has 0 aromatic rings. The summed E-state index contributed by atoms with van der Waals surface area (Å²) in [6, 6.07) is 0. The van der Waals surface area contributed by atoms with Crippen LogP contribution >= 0.6 is 11.6 Å². The number of rotatable bonds is 1. The number of esters is 1. The van der Waals surface area contributed by atoms with E-state index >= 15 is 0 Å². The lowest BCUT2D eigenvalue weighted by Crippen LogP contribution is -2.42. The highest BCUT2D eigenvalue weighted by atomic mass is 35.5. The lowest BCUT2D eigenvalue weighted by molar-refractivity contribution is -0.151. The Morgan fingerprint density at radius 1 is 1.65 bits per heavy atom. The van der Waals surface area contributed by atoms with E-state index in [1.165, 1.54) is 11.8 Å². The minimum Gasteiger partial charge on any atom is -0.436 e. The molecule has 0 aromatic heterocycles. The summed E-state index contributed by atoms with van der Waals surface area (Å²) in [5, 5.41) is 4.23. The van der Waals surface area contributed by atoms with Crippen LogP contribution in [-0.2, 0) is 14.3 Å². The summed E-state index contributed by atoms with van der Waals surface area (Å²) in [5.41, 5.74) is 3.15. The maximum absolute atomic E-state index is 12.0. The molecule has 2 rings (SSSR count). The molecular weight excluding hydrogens is 246 g/mol. The van der Waals surface area contributed by atoms with Crippen molar-refractivity contribution in [1.29, 1.82) is 0 Å². The zero-order chi connectivity index (χ0) is 12.6. The normalized spacial score (nSPS) is 23.9. The molecule has 0 aromatic carbocycles. The molecule has 92 valence electrons. The van der Waals surface area contributed by atoms with Crippen LogP contribution in [0.2, 0.25) is 0 Å². The third-order valence-electron chi connectivity index (χ3n) is 2.57. The first-order valence-corrected chi connectivity index (χ1v) is 5.56. The first kappa shape index (κ1) is 11.9. The van der Waals surface area contributed by atoms with E-state index < -0.39 is 12.2 Å². The van der Waals surface area contributed by atoms with E-state index in [1.807, 2.05) is 0 Å². The molecular formula is C10H12ClN3O3. The highest BCUT2D eigenvalue weighted by molar-refractivity contribution is 6.34. The second-order valence-electron chi connectivity index (χ2n) is 3.80. The monoisotopic (exact) mass is 257 g/mol. The summed E-state index contributed by atoms with van der Waals surface area (Å²) in [6.45, 7) is 3.53. The van der Waals surface area contributed by atoms with Crippen molar-refractivity contribution in [2.24, 2.45) is 5.10 Å². The van der Waals surface area contributed by atoms with Gasteiger partial charge in [-0.1, -0.05) is 11.6 Å². The smallest absolute Gasteiger partial charge is 0.304 e. The van der Waals surface area contributed by atoms with E-state index in [0.29, 0.717) is 24.4 Å². The van der Waals surface area contributed by atoms with Crippen LogP contribution in [0.3, 0.4) is 0 Å². The molecule has 2 heterocycles. The molecule has 17 heavy (non-hydrogen) atoms. The van der Waals surface area contributed by atoms with Crippen LogP contribution in [0.5, 0.6) is 0 Å². The average Bonchev–Trinajstić information content (AvgIpc) is 2.84. The van der Waals surface area contributed by atoms with Crippen molar-refractivity contribution in [2.75, 3.05) is 6.54 Å². The molecule has 0 bridgehead atoms. The second-order valence-corrected chi connectivity index (χ2v) is 4.20. The van der Waals surface area contributed by atoms with Gasteiger partial charge < -0.3 is 10.2 Å². The van der Waals surface area contributed by atoms with Crippen LogP contribution in [0.15, 0.2) is 15.7 Å². The number of nitrogens with zero attached hydrogens (tertiary/aromatic N) is 2. The maximum Gasteiger partial charge on any atom is 0.304 e. The second kappa shape index (κ2) is 4.37. The summed E-state index contributed by atoms with van der Waals surface area (Å²) in [7, 11) is 0. The van der Waals surface area contributed by atoms with Gasteiger partial charge in [-0.05, 0) is 6.92 Å². The molecule has 1 amide bonds. The Morgan fingerprint density at radius 2 is 2.35 bits per heavy atom. The van der Waals surface area contributed by atoms with Crippen molar-refractivity contribution in [3.8, 4) is 0 Å². The number of nitrogens with one attached hydrogen (secondary N) is 1. The van der Waals surface area contributed by atoms with Crippen LogP contribution in [0, 0.1) is 0 Å². The topological polar surface area (TPSA) is 71.0 Å². The van der Waals surface area contributed by atoms with Gasteiger partial charge >= 0.3 is 5.97 Å². The van der Waals surface area contributed by atoms with Gasteiger partial charge in [0, 0.05) is 25.5 Å². The van der Waals surface area contributed by atoms with E-state index in [0.717, 1.165) is 0 Å². The standard InChI is InChI=1S/C10H12ClN3O3/c1-5-8(11)10(17-6(2)15)14(9(5)16)7-3-4-12-13-7/h10,12H,3-4H2,1-2H3. The van der Waals surface area contributed by atoms with Gasteiger partial charge in [0.2, 0.25) is 6.23 Å². The number of hydrogen-bond donors (Lipinski definition) is 1. The minimum absolute atomic E-state index is 0.236. The summed E-state index contributed by atoms with van der Waals surface area (Å²) in [5.74, 6) is -0.229. The molecule has 2 aliphatic heterocycles. The summed E-state index contributed by atoms with van der Waals surface area (Å²) in [4.78, 5) is 24.3. The van der Waals surface area contributed by atoms with Crippen molar-refractivity contribution >= 4 is 29.3 Å². The SMILES string of the molecule is CC(=O)OC1C(Cl)=C(C)C(=O)N1C1=NNCC1. The quantitative estimate of drug-likeness (QED) is 0.696. The van der Waals surface area contributed by atoms with Gasteiger partial charge in [-0.15, -0.1) is 0 Å². The number of amides is 1. The first-order chi connectivity index (χ1) is 8.02. The van der Waals surface area contributed by atoms with E-state index in [4.69, 9.17) is 16.3 Å². The largest absolute Gasteiger partial charge is 0.436 e. The Hall–Kier alpha value is -1.56. The van der Waals surface area contributed by atoms with Crippen molar-refractivity contribution in [3.05, 3.63) is 10.6 Å². The number of halogens is 1. The number of carbonyl (C=O) groups is 2. The zero-order valence-electron chi connectivity index (χ0n) is 9.49. The van der Waals surface area contributed by atoms with Gasteiger partial charge in [0.25, 0.3) is 5.91 Å². The number of carbonyl (C=O) groups excluding carboxylic acids is 2. The van der Waals surface area contributed by atoms with E-state index in [2.05, 4.69) is 10.5 Å². The predicted octanol–water partition coefficient (Wildman–Crippen LogP) is 0.537. The molecule has 0 fully saturated rings. The third kappa shape index (κ3) is 2.00. The molecule has 0 spiro atoms. The van der Waals surface area contributed by atoms with Crippen LogP contribution in [0.4, 0.5) is 0 Å². The molecule has 1 unspecified atom stereocenters. The number of amidine groups is 1. The van der Waals surface area contributed by atoms with E-state index in [1.54, 1.807) is 6.92 Å². The Balaban J connectivity index is 2.30. The molecule has 1 atom stereocenters. The lowest BCUT2D eigenvalue weighted by Gasteiger charge is -2.23. The fraction of sp³-hybridized carbons (Fsp3) is 0.500. The van der Waals surface area contributed by atoms with E-state index in [9.17, 15) is 9.59 Å². The molecule has 6 nitrogen and oxygen atoms in total. The Morgan fingerprint density at radius 3 is 2.88 bits per heavy atom. The summed E-state index contributed by atoms with van der Waals surface area (Å²) in [6.07, 6.45) is -0.277. The van der Waals surface area contributed by atoms with Crippen molar-refractivity contribution < 1.29 is 14.3 Å². The predicted molar refractivity (Wildman–Crippen MR) is 61.0 cm³/mol. The van der Waals surface area contributed by atoms with E-state index in [-0.39, 0.29) is 10.9 Å². The van der Waals surface area contributed by atoms with Crippen LogP contribution in [0.25, 0.3) is 0 Å². The van der Waals surface area contributed by atoms with Crippen molar-refractivity contribution in [1.82, 2.24) is 10.3 Å². The molecule has 2 aliphatic rings. The molecule has 7 heteroatoms.